The molecule has 1 aliphatic carbocycles. The fourth-order valence-corrected chi connectivity index (χ4v) is 6.47. The van der Waals surface area contributed by atoms with Gasteiger partial charge in [0.05, 0.1) is 35.8 Å². The van der Waals surface area contributed by atoms with E-state index in [1.54, 1.807) is 7.11 Å². The molecular formula is C24H34N4O4S2. The van der Waals surface area contributed by atoms with Crippen LogP contribution in [-0.2, 0) is 20.5 Å². The van der Waals surface area contributed by atoms with Gasteiger partial charge in [-0.2, -0.15) is 0 Å². The molecule has 2 N–H and O–H groups in total. The van der Waals surface area contributed by atoms with E-state index in [-0.39, 0.29) is 11.8 Å². The number of aryl methyl sites for hydroxylation is 1. The summed E-state index contributed by atoms with van der Waals surface area (Å²) in [5.41, 5.74) is 1.75. The highest BCUT2D eigenvalue weighted by atomic mass is 32.2. The van der Waals surface area contributed by atoms with Crippen molar-refractivity contribution >= 4 is 33.4 Å². The van der Waals surface area contributed by atoms with Crippen molar-refractivity contribution in [1.29, 1.82) is 0 Å². The summed E-state index contributed by atoms with van der Waals surface area (Å²) in [5.74, 6) is 0.743. The molecule has 10 heteroatoms. The van der Waals surface area contributed by atoms with Crippen LogP contribution in [0.15, 0.2) is 23.1 Å². The number of aromatic nitrogens is 1. The van der Waals surface area contributed by atoms with Crippen molar-refractivity contribution < 1.29 is 18.5 Å². The van der Waals surface area contributed by atoms with Crippen molar-refractivity contribution in [2.75, 3.05) is 51.8 Å². The number of amides is 1. The Hall–Kier alpha value is -1.85. The van der Waals surface area contributed by atoms with E-state index in [0.29, 0.717) is 22.3 Å². The largest absolute Gasteiger partial charge is 0.495 e. The van der Waals surface area contributed by atoms with Gasteiger partial charge in [-0.1, -0.05) is 24.2 Å². The summed E-state index contributed by atoms with van der Waals surface area (Å²) in [7, 11) is 0.186. The number of thiazole rings is 1. The van der Waals surface area contributed by atoms with E-state index in [0.717, 1.165) is 81.1 Å². The van der Waals surface area contributed by atoms with Crippen LogP contribution in [0.4, 0.5) is 5.13 Å². The van der Waals surface area contributed by atoms with Crippen molar-refractivity contribution in [3.63, 3.8) is 0 Å². The highest BCUT2D eigenvalue weighted by Crippen LogP contribution is 2.36. The van der Waals surface area contributed by atoms with E-state index in [2.05, 4.69) is 19.9 Å². The van der Waals surface area contributed by atoms with Gasteiger partial charge in [0.1, 0.15) is 16.7 Å². The Morgan fingerprint density at radius 3 is 2.79 bits per heavy atom. The number of hydrogen-bond acceptors (Lipinski definition) is 7. The van der Waals surface area contributed by atoms with E-state index in [4.69, 9.17) is 9.47 Å². The van der Waals surface area contributed by atoms with Crippen molar-refractivity contribution in [1.82, 2.24) is 14.6 Å². The molecule has 8 nitrogen and oxygen atoms in total. The third-order valence-corrected chi connectivity index (χ3v) is 8.67. The Bertz CT molecular complexity index is 1000. The van der Waals surface area contributed by atoms with Crippen LogP contribution < -0.4 is 14.8 Å². The van der Waals surface area contributed by atoms with Crippen LogP contribution in [-0.4, -0.2) is 66.5 Å². The predicted molar refractivity (Wildman–Crippen MR) is 136 cm³/mol. The number of carbonyl (C=O) groups excluding carboxylic acids is 1. The lowest BCUT2D eigenvalue weighted by atomic mass is 10.1. The van der Waals surface area contributed by atoms with E-state index in [9.17, 15) is 9.00 Å². The van der Waals surface area contributed by atoms with Gasteiger partial charge in [0.25, 0.3) is 0 Å². The molecule has 1 aliphatic heterocycles. The molecule has 1 saturated carbocycles. The van der Waals surface area contributed by atoms with Crippen molar-refractivity contribution in [3.8, 4) is 16.2 Å². The maximum absolute atomic E-state index is 13.1. The summed E-state index contributed by atoms with van der Waals surface area (Å²) in [4.78, 5) is 21.0. The zero-order valence-corrected chi connectivity index (χ0v) is 21.6. The van der Waals surface area contributed by atoms with Crippen molar-refractivity contribution in [2.45, 2.75) is 43.9 Å². The van der Waals surface area contributed by atoms with Crippen LogP contribution in [0.25, 0.3) is 10.4 Å². The van der Waals surface area contributed by atoms with E-state index < -0.39 is 11.0 Å². The quantitative estimate of drug-likeness (QED) is 0.479. The highest BCUT2D eigenvalue weighted by molar-refractivity contribution is 7.83. The number of nitrogens with one attached hydrogen (secondary N) is 2. The van der Waals surface area contributed by atoms with Gasteiger partial charge in [-0.05, 0) is 56.5 Å². The summed E-state index contributed by atoms with van der Waals surface area (Å²) in [6, 6.07) is 5.68. The SMILES string of the molecule is COc1ccc(-c2sc(NC(=O)C3CCCC3)nc2C)cc1S(=O)NCCCN1CCOCC1. The number of benzene rings is 1. The Morgan fingerprint density at radius 2 is 2.06 bits per heavy atom. The first-order chi connectivity index (χ1) is 16.5. The number of nitrogens with zero attached hydrogens (tertiary/aromatic N) is 2. The Kier molecular flexibility index (Phi) is 9.07. The lowest BCUT2D eigenvalue weighted by molar-refractivity contribution is -0.119. The minimum atomic E-state index is -1.40. The van der Waals surface area contributed by atoms with Crippen molar-refractivity contribution in [3.05, 3.63) is 23.9 Å². The summed E-state index contributed by atoms with van der Waals surface area (Å²) < 4.78 is 27.1. The first-order valence-electron chi connectivity index (χ1n) is 12.0. The van der Waals surface area contributed by atoms with Crippen molar-refractivity contribution in [2.24, 2.45) is 5.92 Å². The molecule has 0 radical (unpaired) electrons. The van der Waals surface area contributed by atoms with Gasteiger partial charge in [-0.3, -0.25) is 9.69 Å². The highest BCUT2D eigenvalue weighted by Gasteiger charge is 2.24. The van der Waals surface area contributed by atoms with Gasteiger partial charge < -0.3 is 14.8 Å². The van der Waals surface area contributed by atoms with Gasteiger partial charge in [0.15, 0.2) is 5.13 Å². The summed E-state index contributed by atoms with van der Waals surface area (Å²) in [6.07, 6.45) is 5.05. The normalized spacial score (nSPS) is 18.2. The second-order valence-electron chi connectivity index (χ2n) is 8.74. The maximum atomic E-state index is 13.1. The zero-order valence-electron chi connectivity index (χ0n) is 19.9. The molecule has 1 unspecified atom stereocenters. The molecule has 1 atom stereocenters. The average molecular weight is 507 g/mol. The third kappa shape index (κ3) is 6.42. The van der Waals surface area contributed by atoms with E-state index in [1.165, 1.54) is 11.3 Å². The first kappa shape index (κ1) is 25.2. The zero-order chi connectivity index (χ0) is 23.9. The van der Waals surface area contributed by atoms with E-state index in [1.807, 2.05) is 25.1 Å². The molecular weight excluding hydrogens is 472 g/mol. The van der Waals surface area contributed by atoms with Crippen LogP contribution in [0.1, 0.15) is 37.8 Å². The van der Waals surface area contributed by atoms with Crippen LogP contribution >= 0.6 is 11.3 Å². The molecule has 1 aromatic heterocycles. The number of carbonyl (C=O) groups is 1. The van der Waals surface area contributed by atoms with Gasteiger partial charge >= 0.3 is 0 Å². The average Bonchev–Trinajstić information content (AvgIpc) is 3.52. The molecule has 1 amide bonds. The molecule has 34 heavy (non-hydrogen) atoms. The third-order valence-electron chi connectivity index (χ3n) is 6.37. The summed E-state index contributed by atoms with van der Waals surface area (Å²) in [6.45, 7) is 7.02. The van der Waals surface area contributed by atoms with Gasteiger partial charge in [0.2, 0.25) is 5.91 Å². The fourth-order valence-electron chi connectivity index (χ4n) is 4.45. The lowest BCUT2D eigenvalue weighted by Crippen LogP contribution is -2.37. The molecule has 1 aromatic carbocycles. The smallest absolute Gasteiger partial charge is 0.229 e. The van der Waals surface area contributed by atoms with Crippen LogP contribution in [0, 0.1) is 12.8 Å². The summed E-state index contributed by atoms with van der Waals surface area (Å²) >= 11 is 1.45. The van der Waals surface area contributed by atoms with Crippen LogP contribution in [0.2, 0.25) is 0 Å². The Labute approximate surface area is 208 Å². The number of hydrogen-bond donors (Lipinski definition) is 2. The minimum absolute atomic E-state index is 0.0654. The number of morpholine rings is 1. The number of methoxy groups -OCH3 is 1. The fraction of sp³-hybridized carbons (Fsp3) is 0.583. The molecule has 4 rings (SSSR count). The number of rotatable bonds is 10. The monoisotopic (exact) mass is 506 g/mol. The van der Waals surface area contributed by atoms with Gasteiger partial charge in [-0.15, -0.1) is 0 Å². The Morgan fingerprint density at radius 1 is 1.29 bits per heavy atom. The lowest BCUT2D eigenvalue weighted by Gasteiger charge is -2.26. The molecule has 2 aliphatic rings. The summed E-state index contributed by atoms with van der Waals surface area (Å²) in [5, 5.41) is 3.61. The minimum Gasteiger partial charge on any atom is -0.495 e. The molecule has 2 aromatic rings. The number of ether oxygens (including phenoxy) is 2. The topological polar surface area (TPSA) is 92.8 Å². The predicted octanol–water partition coefficient (Wildman–Crippen LogP) is 3.59. The van der Waals surface area contributed by atoms with Crippen LogP contribution in [0.5, 0.6) is 5.75 Å². The van der Waals surface area contributed by atoms with E-state index >= 15 is 0 Å². The molecule has 2 fully saturated rings. The second kappa shape index (κ2) is 12.2. The Balaban J connectivity index is 1.40. The van der Waals surface area contributed by atoms with Gasteiger partial charge in [-0.25, -0.2) is 13.9 Å². The molecule has 0 spiro atoms. The van der Waals surface area contributed by atoms with Gasteiger partial charge in [0, 0.05) is 25.6 Å². The first-order valence-corrected chi connectivity index (χ1v) is 13.9. The maximum Gasteiger partial charge on any atom is 0.229 e. The standard InChI is InChI=1S/C24H34N4O4S2/c1-17-22(33-24(26-17)27-23(29)18-6-3-4-7-18)19-8-9-20(31-2)21(16-19)34(30)25-10-5-11-28-12-14-32-15-13-28/h8-9,16,18,25H,3-7,10-15H2,1-2H3,(H,26,27,29). The second-order valence-corrected chi connectivity index (χ2v) is 11.0. The van der Waals surface area contributed by atoms with Crippen LogP contribution in [0.3, 0.4) is 0 Å². The molecule has 1 saturated heterocycles. The number of anilines is 1. The molecule has 0 bridgehead atoms. The molecule has 2 heterocycles. The molecule has 186 valence electrons.